The normalized spacial score (nSPS) is 24.3. The average Bonchev–Trinajstić information content (AvgIpc) is 3.34. The molecule has 5 rings (SSSR count). The third-order valence-electron chi connectivity index (χ3n) is 6.21. The van der Waals surface area contributed by atoms with Crippen LogP contribution >= 0.6 is 0 Å². The lowest BCUT2D eigenvalue weighted by Gasteiger charge is -2.41. The number of carbonyl (C=O) groups excluding carboxylic acids is 1. The molecule has 0 bridgehead atoms. The number of imidazole rings is 1. The number of hydrogen-bond donors (Lipinski definition) is 5. The van der Waals surface area contributed by atoms with E-state index in [2.05, 4.69) is 9.97 Å². The van der Waals surface area contributed by atoms with Gasteiger partial charge in [-0.3, -0.25) is 4.79 Å². The molecule has 0 spiro atoms. The summed E-state index contributed by atoms with van der Waals surface area (Å²) >= 11 is 0. The number of carbonyl (C=O) groups is 2. The molecular formula is C19H22BN4O7-. The molecule has 1 aromatic carbocycles. The number of fused-ring (bicyclic) bond motifs is 3. The van der Waals surface area contributed by atoms with Gasteiger partial charge in [-0.25, -0.2) is 9.78 Å². The van der Waals surface area contributed by atoms with Crippen LogP contribution in [0, 0.1) is 0 Å². The Hall–Kier alpha value is -3.09. The zero-order valence-electron chi connectivity index (χ0n) is 16.5. The van der Waals surface area contributed by atoms with E-state index in [4.69, 9.17) is 15.1 Å². The highest BCUT2D eigenvalue weighted by Crippen LogP contribution is 2.63. The molecule has 3 aliphatic rings. The Bertz CT molecular complexity index is 1040. The molecule has 2 aliphatic heterocycles. The van der Waals surface area contributed by atoms with Gasteiger partial charge < -0.3 is 40.2 Å². The number of carboxylic acid groups (broad SMARTS) is 1. The lowest BCUT2D eigenvalue weighted by Crippen LogP contribution is -2.60. The van der Waals surface area contributed by atoms with Gasteiger partial charge in [-0.05, 0) is 17.5 Å². The van der Waals surface area contributed by atoms with Crippen molar-refractivity contribution < 1.29 is 34.1 Å². The number of rotatable bonds is 6. The van der Waals surface area contributed by atoms with Crippen LogP contribution in [0.5, 0.6) is 11.5 Å². The zero-order chi connectivity index (χ0) is 21.9. The molecule has 164 valence electrons. The fraction of sp³-hybridized carbons (Fsp3) is 0.421. The number of H-pyrrole nitrogens is 1. The summed E-state index contributed by atoms with van der Waals surface area (Å²) in [5.74, 6) is -2.04. The monoisotopic (exact) mass is 429 g/mol. The smallest absolute Gasteiger partial charge is 0.434 e. The Labute approximate surface area is 176 Å². The van der Waals surface area contributed by atoms with Crippen molar-refractivity contribution in [2.24, 2.45) is 5.73 Å². The number of carboxylic acids is 1. The molecule has 3 heterocycles. The topological polar surface area (TPSA) is 171 Å². The van der Waals surface area contributed by atoms with Crippen molar-refractivity contribution in [2.45, 2.75) is 36.7 Å². The number of nitrogens with two attached hydrogens (primary N) is 1. The maximum Gasteiger partial charge on any atom is 0.434 e. The van der Waals surface area contributed by atoms with Gasteiger partial charge in [0.05, 0.1) is 36.9 Å². The minimum absolute atomic E-state index is 0.0537. The summed E-state index contributed by atoms with van der Waals surface area (Å²) in [6.07, 6.45) is 3.64. The van der Waals surface area contributed by atoms with E-state index in [9.17, 15) is 24.7 Å². The molecule has 31 heavy (non-hydrogen) atoms. The number of nitrogens with zero attached hydrogens (tertiary/aromatic N) is 2. The SMILES string of the molecule is N[C@@H](Cc1c[nH]cn1)C(=O)N1CC(Oc2ccc3c(c2C(=O)O)O[B-](O)(O)[C@H]2C[C@@H]32)C1. The molecule has 1 aromatic heterocycles. The van der Waals surface area contributed by atoms with Gasteiger partial charge in [0.1, 0.15) is 17.4 Å². The van der Waals surface area contributed by atoms with Gasteiger partial charge in [0.2, 0.25) is 5.91 Å². The number of ether oxygens (including phenoxy) is 1. The third-order valence-corrected chi connectivity index (χ3v) is 6.21. The standard InChI is InChI=1S/C19H22BN4O7/c21-14(3-9-5-22-8-23-9)18(25)24-6-10(7-24)30-15-2-1-11-12-4-13(12)20(28,29)31-17(11)16(15)19(26)27/h1-2,5,8,10,12-14,28-29H,3-4,6-7,21H2,(H,22,23)(H,26,27)/q-1/t12-,13-,14-/m0/s1. The predicted octanol–water partition coefficient (Wildman–Crippen LogP) is -0.559. The molecule has 3 atom stereocenters. The molecule has 11 nitrogen and oxygen atoms in total. The lowest BCUT2D eigenvalue weighted by atomic mass is 9.68. The average molecular weight is 429 g/mol. The summed E-state index contributed by atoms with van der Waals surface area (Å²) < 4.78 is 11.1. The lowest BCUT2D eigenvalue weighted by molar-refractivity contribution is -0.141. The summed E-state index contributed by atoms with van der Waals surface area (Å²) in [7, 11) is 0. The number of aromatic nitrogens is 2. The fourth-order valence-electron chi connectivity index (χ4n) is 4.44. The number of aromatic amines is 1. The van der Waals surface area contributed by atoms with Crippen LogP contribution in [0.25, 0.3) is 0 Å². The first-order valence-corrected chi connectivity index (χ1v) is 10.1. The van der Waals surface area contributed by atoms with Crippen LogP contribution in [0.15, 0.2) is 24.7 Å². The van der Waals surface area contributed by atoms with E-state index >= 15 is 0 Å². The highest BCUT2D eigenvalue weighted by atomic mass is 16.6. The second-order valence-corrected chi connectivity index (χ2v) is 8.40. The van der Waals surface area contributed by atoms with E-state index in [0.29, 0.717) is 24.1 Å². The van der Waals surface area contributed by atoms with Crippen LogP contribution in [-0.2, 0) is 11.2 Å². The van der Waals surface area contributed by atoms with Crippen LogP contribution in [0.3, 0.4) is 0 Å². The summed E-state index contributed by atoms with van der Waals surface area (Å²) in [5, 5.41) is 29.9. The highest BCUT2D eigenvalue weighted by Gasteiger charge is 2.55. The second-order valence-electron chi connectivity index (χ2n) is 8.40. The number of nitrogens with one attached hydrogen (secondary N) is 1. The van der Waals surface area contributed by atoms with Crippen LogP contribution in [0.2, 0.25) is 5.82 Å². The first-order valence-electron chi connectivity index (χ1n) is 10.1. The predicted molar refractivity (Wildman–Crippen MR) is 107 cm³/mol. The number of aromatic carboxylic acids is 1. The molecule has 6 N–H and O–H groups in total. The Morgan fingerprint density at radius 2 is 2.16 bits per heavy atom. The van der Waals surface area contributed by atoms with E-state index in [1.54, 1.807) is 23.2 Å². The Morgan fingerprint density at radius 3 is 2.84 bits per heavy atom. The van der Waals surface area contributed by atoms with Gasteiger partial charge in [0.25, 0.3) is 0 Å². The van der Waals surface area contributed by atoms with Crippen molar-refractivity contribution >= 4 is 18.6 Å². The molecule has 1 saturated carbocycles. The maximum absolute atomic E-state index is 12.5. The minimum atomic E-state index is -3.10. The number of amides is 1. The summed E-state index contributed by atoms with van der Waals surface area (Å²) in [6, 6.07) is 2.53. The summed E-state index contributed by atoms with van der Waals surface area (Å²) in [4.78, 5) is 32.8. The van der Waals surface area contributed by atoms with Crippen molar-refractivity contribution in [1.82, 2.24) is 14.9 Å². The van der Waals surface area contributed by atoms with E-state index in [1.165, 1.54) is 6.33 Å². The van der Waals surface area contributed by atoms with E-state index in [0.717, 1.165) is 0 Å². The summed E-state index contributed by atoms with van der Waals surface area (Å²) in [5.41, 5.74) is 7.07. The van der Waals surface area contributed by atoms with Gasteiger partial charge in [-0.1, -0.05) is 18.3 Å². The van der Waals surface area contributed by atoms with Gasteiger partial charge in [-0.15, -0.1) is 0 Å². The molecule has 1 saturated heterocycles. The Balaban J connectivity index is 1.27. The first kappa shape index (κ1) is 19.9. The van der Waals surface area contributed by atoms with Crippen LogP contribution in [0.4, 0.5) is 0 Å². The Morgan fingerprint density at radius 1 is 1.39 bits per heavy atom. The molecule has 0 unspecified atom stereocenters. The number of hydrogen-bond acceptors (Lipinski definition) is 8. The largest absolute Gasteiger partial charge is 0.669 e. The molecular weight excluding hydrogens is 407 g/mol. The quantitative estimate of drug-likeness (QED) is 0.378. The molecule has 1 amide bonds. The van der Waals surface area contributed by atoms with Crippen LogP contribution < -0.4 is 15.1 Å². The second kappa shape index (κ2) is 6.97. The molecule has 12 heteroatoms. The highest BCUT2D eigenvalue weighted by molar-refractivity contribution is 6.62. The minimum Gasteiger partial charge on any atom is -0.669 e. The van der Waals surface area contributed by atoms with Crippen molar-refractivity contribution in [3.8, 4) is 11.5 Å². The van der Waals surface area contributed by atoms with Gasteiger partial charge in [-0.2, -0.15) is 0 Å². The number of benzene rings is 1. The van der Waals surface area contributed by atoms with Crippen LogP contribution in [-0.4, -0.2) is 73.9 Å². The van der Waals surface area contributed by atoms with Gasteiger partial charge in [0, 0.05) is 12.6 Å². The summed E-state index contributed by atoms with van der Waals surface area (Å²) in [6.45, 7) is -2.57. The molecule has 1 aliphatic carbocycles. The van der Waals surface area contributed by atoms with E-state index in [-0.39, 0.29) is 42.0 Å². The van der Waals surface area contributed by atoms with Crippen molar-refractivity contribution in [3.05, 3.63) is 41.5 Å². The van der Waals surface area contributed by atoms with E-state index in [1.807, 2.05) is 0 Å². The Kier molecular flexibility index (Phi) is 4.47. The molecule has 2 aromatic rings. The van der Waals surface area contributed by atoms with Gasteiger partial charge >= 0.3 is 12.7 Å². The van der Waals surface area contributed by atoms with Crippen LogP contribution in [0.1, 0.15) is 34.0 Å². The zero-order valence-corrected chi connectivity index (χ0v) is 16.5. The number of likely N-dealkylation sites (tertiary alicyclic amines) is 1. The maximum atomic E-state index is 12.5. The molecule has 2 fully saturated rings. The van der Waals surface area contributed by atoms with Crippen molar-refractivity contribution in [1.29, 1.82) is 0 Å². The van der Waals surface area contributed by atoms with Crippen molar-refractivity contribution in [3.63, 3.8) is 0 Å². The van der Waals surface area contributed by atoms with Crippen molar-refractivity contribution in [2.75, 3.05) is 13.1 Å². The first-order chi connectivity index (χ1) is 14.7. The fourth-order valence-corrected chi connectivity index (χ4v) is 4.44. The third kappa shape index (κ3) is 3.42. The van der Waals surface area contributed by atoms with Gasteiger partial charge in [0.15, 0.2) is 0 Å². The van der Waals surface area contributed by atoms with E-state index < -0.39 is 30.7 Å². The molecule has 0 radical (unpaired) electrons.